The summed E-state index contributed by atoms with van der Waals surface area (Å²) in [5.74, 6) is 0. The van der Waals surface area contributed by atoms with Crippen LogP contribution in [0.25, 0.3) is 0 Å². The van der Waals surface area contributed by atoms with Crippen molar-refractivity contribution in [2.24, 2.45) is 5.41 Å². The molecule has 0 fully saturated rings. The predicted molar refractivity (Wildman–Crippen MR) is 75.1 cm³/mol. The van der Waals surface area contributed by atoms with E-state index in [-0.39, 0.29) is 15.3 Å². The molecule has 0 atom stereocenters. The summed E-state index contributed by atoms with van der Waals surface area (Å²) in [7, 11) is -3.53. The van der Waals surface area contributed by atoms with Crippen LogP contribution in [0, 0.1) is 5.41 Å². The average molecular weight is 291 g/mol. The molecular weight excluding hydrogens is 272 g/mol. The number of hydrogen-bond donors (Lipinski definition) is 2. The van der Waals surface area contributed by atoms with Gasteiger partial charge in [0.05, 0.1) is 15.6 Å². The van der Waals surface area contributed by atoms with Gasteiger partial charge in [0.2, 0.25) is 10.0 Å². The smallest absolute Gasteiger partial charge is 0.240 e. The zero-order valence-electron chi connectivity index (χ0n) is 10.8. The van der Waals surface area contributed by atoms with E-state index in [0.29, 0.717) is 12.2 Å². The minimum absolute atomic E-state index is 0.0787. The molecule has 0 spiro atoms. The van der Waals surface area contributed by atoms with Gasteiger partial charge in [-0.1, -0.05) is 32.4 Å². The van der Waals surface area contributed by atoms with Crippen LogP contribution < -0.4 is 10.5 Å². The van der Waals surface area contributed by atoms with Gasteiger partial charge in [-0.05, 0) is 30.0 Å². The second-order valence-electron chi connectivity index (χ2n) is 5.03. The number of nitrogen functional groups attached to an aromatic ring is 1. The molecule has 0 unspecified atom stereocenters. The summed E-state index contributed by atoms with van der Waals surface area (Å²) >= 11 is 5.82. The predicted octanol–water partition coefficient (Wildman–Crippen LogP) is 2.64. The maximum atomic E-state index is 12.0. The summed E-state index contributed by atoms with van der Waals surface area (Å²) < 4.78 is 26.7. The fraction of sp³-hybridized carbons (Fsp3) is 0.500. The van der Waals surface area contributed by atoms with Crippen LogP contribution in [-0.2, 0) is 10.0 Å². The number of rotatable bonds is 5. The van der Waals surface area contributed by atoms with Gasteiger partial charge in [0.15, 0.2) is 0 Å². The van der Waals surface area contributed by atoms with E-state index in [1.54, 1.807) is 0 Å². The Hall–Kier alpha value is -0.780. The second kappa shape index (κ2) is 5.47. The molecule has 0 aliphatic rings. The number of hydrogen-bond acceptors (Lipinski definition) is 3. The van der Waals surface area contributed by atoms with Crippen molar-refractivity contribution in [3.63, 3.8) is 0 Å². The summed E-state index contributed by atoms with van der Waals surface area (Å²) in [4.78, 5) is 0.133. The lowest BCUT2D eigenvalue weighted by atomic mass is 9.91. The third-order valence-corrected chi connectivity index (χ3v) is 4.71. The molecule has 0 amide bonds. The summed E-state index contributed by atoms with van der Waals surface area (Å²) in [6.07, 6.45) is 0.887. The molecule has 1 aromatic carbocycles. The van der Waals surface area contributed by atoms with Crippen LogP contribution in [0.5, 0.6) is 0 Å². The average Bonchev–Trinajstić information content (AvgIpc) is 2.30. The summed E-state index contributed by atoms with van der Waals surface area (Å²) in [5, 5.41) is 0.243. The van der Waals surface area contributed by atoms with Crippen molar-refractivity contribution < 1.29 is 8.42 Å². The molecule has 4 nitrogen and oxygen atoms in total. The molecule has 6 heteroatoms. The van der Waals surface area contributed by atoms with Crippen molar-refractivity contribution in [1.29, 1.82) is 0 Å². The number of halogens is 1. The Balaban J connectivity index is 2.90. The molecular formula is C12H19ClN2O2S. The first-order valence-corrected chi connectivity index (χ1v) is 7.59. The normalized spacial score (nSPS) is 12.7. The largest absolute Gasteiger partial charge is 0.398 e. The van der Waals surface area contributed by atoms with Crippen LogP contribution in [-0.4, -0.2) is 15.0 Å². The third kappa shape index (κ3) is 3.86. The van der Waals surface area contributed by atoms with Gasteiger partial charge < -0.3 is 5.73 Å². The summed E-state index contributed by atoms with van der Waals surface area (Å²) in [5.41, 5.74) is 5.84. The molecule has 0 radical (unpaired) electrons. The maximum Gasteiger partial charge on any atom is 0.240 e. The number of benzene rings is 1. The molecule has 1 aromatic rings. The molecule has 1 rings (SSSR count). The van der Waals surface area contributed by atoms with Crippen LogP contribution in [0.1, 0.15) is 27.2 Å². The molecule has 102 valence electrons. The van der Waals surface area contributed by atoms with Gasteiger partial charge in [0, 0.05) is 6.54 Å². The quantitative estimate of drug-likeness (QED) is 0.819. The van der Waals surface area contributed by atoms with E-state index in [1.807, 2.05) is 20.8 Å². The van der Waals surface area contributed by atoms with Gasteiger partial charge in [0.1, 0.15) is 0 Å². The Morgan fingerprint density at radius 3 is 2.50 bits per heavy atom. The highest BCUT2D eigenvalue weighted by atomic mass is 35.5. The second-order valence-corrected chi connectivity index (χ2v) is 7.20. The van der Waals surface area contributed by atoms with Crippen molar-refractivity contribution in [2.45, 2.75) is 32.1 Å². The van der Waals surface area contributed by atoms with E-state index in [4.69, 9.17) is 17.3 Å². The Kier molecular flexibility index (Phi) is 4.64. The monoisotopic (exact) mass is 290 g/mol. The summed E-state index contributed by atoms with van der Waals surface area (Å²) in [6, 6.07) is 4.29. The van der Waals surface area contributed by atoms with Crippen LogP contribution in [0.4, 0.5) is 5.69 Å². The van der Waals surface area contributed by atoms with Gasteiger partial charge in [-0.3, -0.25) is 0 Å². The zero-order chi connectivity index (χ0) is 14.0. The SMILES string of the molecule is CCC(C)(C)CNS(=O)(=O)c1ccc(N)c(Cl)c1. The van der Waals surface area contributed by atoms with E-state index in [0.717, 1.165) is 6.42 Å². The highest BCUT2D eigenvalue weighted by molar-refractivity contribution is 7.89. The summed E-state index contributed by atoms with van der Waals surface area (Å²) in [6.45, 7) is 6.42. The van der Waals surface area contributed by atoms with Crippen LogP contribution in [0.3, 0.4) is 0 Å². The van der Waals surface area contributed by atoms with E-state index in [9.17, 15) is 8.42 Å². The van der Waals surface area contributed by atoms with Crippen molar-refractivity contribution in [3.05, 3.63) is 23.2 Å². The van der Waals surface area contributed by atoms with Gasteiger partial charge in [-0.25, -0.2) is 13.1 Å². The van der Waals surface area contributed by atoms with Gasteiger partial charge in [-0.2, -0.15) is 0 Å². The standard InChI is InChI=1S/C12H19ClN2O2S/c1-4-12(2,3)8-15-18(16,17)9-5-6-11(14)10(13)7-9/h5-7,15H,4,8,14H2,1-3H3. The van der Waals surface area contributed by atoms with E-state index < -0.39 is 10.0 Å². The van der Waals surface area contributed by atoms with Crippen molar-refractivity contribution in [3.8, 4) is 0 Å². The molecule has 0 bridgehead atoms. The molecule has 3 N–H and O–H groups in total. The fourth-order valence-electron chi connectivity index (χ4n) is 1.17. The topological polar surface area (TPSA) is 72.2 Å². The molecule has 0 saturated heterocycles. The van der Waals surface area contributed by atoms with Gasteiger partial charge in [0.25, 0.3) is 0 Å². The lowest BCUT2D eigenvalue weighted by Gasteiger charge is -2.22. The van der Waals surface area contributed by atoms with Crippen LogP contribution in [0.15, 0.2) is 23.1 Å². The van der Waals surface area contributed by atoms with Crippen molar-refractivity contribution in [2.75, 3.05) is 12.3 Å². The fourth-order valence-corrected chi connectivity index (χ4v) is 2.69. The highest BCUT2D eigenvalue weighted by Gasteiger charge is 2.21. The third-order valence-electron chi connectivity index (χ3n) is 2.98. The molecule has 18 heavy (non-hydrogen) atoms. The Labute approximate surface area is 114 Å². The van der Waals surface area contributed by atoms with Crippen LogP contribution in [0.2, 0.25) is 5.02 Å². The minimum atomic E-state index is -3.53. The number of anilines is 1. The highest BCUT2D eigenvalue weighted by Crippen LogP contribution is 2.23. The Bertz CT molecular complexity index is 527. The Morgan fingerprint density at radius 1 is 1.39 bits per heavy atom. The number of nitrogens with one attached hydrogen (secondary N) is 1. The molecule has 0 saturated carbocycles. The minimum Gasteiger partial charge on any atom is -0.398 e. The lowest BCUT2D eigenvalue weighted by molar-refractivity contribution is 0.350. The van der Waals surface area contributed by atoms with E-state index in [1.165, 1.54) is 18.2 Å². The first-order chi connectivity index (χ1) is 8.18. The molecule has 0 aliphatic heterocycles. The molecule has 0 aliphatic carbocycles. The van der Waals surface area contributed by atoms with Gasteiger partial charge in [-0.15, -0.1) is 0 Å². The van der Waals surface area contributed by atoms with Crippen LogP contribution >= 0.6 is 11.6 Å². The number of sulfonamides is 1. The Morgan fingerprint density at radius 2 is 2.00 bits per heavy atom. The van der Waals surface area contributed by atoms with Crippen molar-refractivity contribution in [1.82, 2.24) is 4.72 Å². The van der Waals surface area contributed by atoms with Gasteiger partial charge >= 0.3 is 0 Å². The lowest BCUT2D eigenvalue weighted by Crippen LogP contribution is -2.33. The first kappa shape index (κ1) is 15.3. The first-order valence-electron chi connectivity index (χ1n) is 5.73. The molecule has 0 heterocycles. The maximum absolute atomic E-state index is 12.0. The number of nitrogens with two attached hydrogens (primary N) is 1. The van der Waals surface area contributed by atoms with E-state index >= 15 is 0 Å². The van der Waals surface area contributed by atoms with E-state index in [2.05, 4.69) is 4.72 Å². The van der Waals surface area contributed by atoms with Crippen molar-refractivity contribution >= 4 is 27.3 Å². The molecule has 0 aromatic heterocycles. The zero-order valence-corrected chi connectivity index (χ0v) is 12.4.